The van der Waals surface area contributed by atoms with Crippen molar-refractivity contribution in [3.8, 4) is 6.07 Å². The first-order valence-corrected chi connectivity index (χ1v) is 5.00. The number of nitriles is 1. The van der Waals surface area contributed by atoms with Gasteiger partial charge in [0.15, 0.2) is 0 Å². The lowest BCUT2D eigenvalue weighted by molar-refractivity contribution is -0.172. The molecule has 0 heterocycles. The van der Waals surface area contributed by atoms with Crippen molar-refractivity contribution in [2.45, 2.75) is 6.18 Å². The summed E-state index contributed by atoms with van der Waals surface area (Å²) < 4.78 is 52.7. The number of rotatable bonds is 5. The quantitative estimate of drug-likeness (QED) is 0.655. The minimum absolute atomic E-state index is 0.0890. The van der Waals surface area contributed by atoms with Crippen LogP contribution >= 0.6 is 0 Å². The van der Waals surface area contributed by atoms with Crippen LogP contribution < -0.4 is 5.32 Å². The summed E-state index contributed by atoms with van der Waals surface area (Å²) in [5.74, 6) is -0.682. The van der Waals surface area contributed by atoms with Gasteiger partial charge in [0.25, 0.3) is 0 Å². The van der Waals surface area contributed by atoms with Gasteiger partial charge >= 0.3 is 6.18 Å². The molecule has 0 aliphatic rings. The third-order valence-corrected chi connectivity index (χ3v) is 1.93. The molecule has 0 atom stereocenters. The third kappa shape index (κ3) is 5.01. The third-order valence-electron chi connectivity index (χ3n) is 1.93. The van der Waals surface area contributed by atoms with Gasteiger partial charge in [-0.05, 0) is 18.2 Å². The van der Waals surface area contributed by atoms with Crippen LogP contribution in [-0.4, -0.2) is 25.9 Å². The maximum absolute atomic E-state index is 13.1. The van der Waals surface area contributed by atoms with Crippen LogP contribution in [0.25, 0.3) is 0 Å². The Morgan fingerprint density at radius 1 is 1.33 bits per heavy atom. The number of anilines is 1. The van der Waals surface area contributed by atoms with Crippen LogP contribution in [-0.2, 0) is 4.74 Å². The van der Waals surface area contributed by atoms with Gasteiger partial charge in [-0.25, -0.2) is 4.39 Å². The average Bonchev–Trinajstić information content (AvgIpc) is 2.27. The fourth-order valence-corrected chi connectivity index (χ4v) is 1.17. The zero-order chi connectivity index (χ0) is 13.6. The van der Waals surface area contributed by atoms with E-state index < -0.39 is 18.6 Å². The van der Waals surface area contributed by atoms with Crippen molar-refractivity contribution in [3.63, 3.8) is 0 Å². The molecule has 0 aromatic heterocycles. The molecule has 0 saturated heterocycles. The Balaban J connectivity index is 2.32. The van der Waals surface area contributed by atoms with Crippen LogP contribution in [0.1, 0.15) is 5.56 Å². The number of ether oxygens (including phenoxy) is 1. The smallest absolute Gasteiger partial charge is 0.383 e. The molecule has 0 spiro atoms. The van der Waals surface area contributed by atoms with E-state index in [1.165, 1.54) is 12.1 Å². The predicted molar refractivity (Wildman–Crippen MR) is 56.5 cm³/mol. The lowest BCUT2D eigenvalue weighted by Crippen LogP contribution is -2.20. The molecule has 18 heavy (non-hydrogen) atoms. The number of benzene rings is 1. The number of halogens is 4. The summed E-state index contributed by atoms with van der Waals surface area (Å²) in [5.41, 5.74) is 0.288. The summed E-state index contributed by atoms with van der Waals surface area (Å²) in [6, 6.07) is 5.51. The molecule has 1 aromatic carbocycles. The summed E-state index contributed by atoms with van der Waals surface area (Å²) in [6.07, 6.45) is -4.35. The molecule has 0 fully saturated rings. The zero-order valence-electron chi connectivity index (χ0n) is 9.22. The second-order valence-electron chi connectivity index (χ2n) is 3.40. The van der Waals surface area contributed by atoms with Gasteiger partial charge in [-0.2, -0.15) is 18.4 Å². The second-order valence-corrected chi connectivity index (χ2v) is 3.40. The van der Waals surface area contributed by atoms with Crippen LogP contribution in [0.5, 0.6) is 0 Å². The standard InChI is InChI=1S/C11H10F4N2O/c12-10-5-9(2-1-8(10)6-16)17-3-4-18-7-11(13,14)15/h1-2,5,17H,3-4,7H2. The molecule has 0 bridgehead atoms. The minimum Gasteiger partial charge on any atom is -0.383 e. The second kappa shape index (κ2) is 6.21. The molecular formula is C11H10F4N2O. The normalized spacial score (nSPS) is 11.1. The van der Waals surface area contributed by atoms with E-state index in [2.05, 4.69) is 10.1 Å². The van der Waals surface area contributed by atoms with E-state index in [0.717, 1.165) is 6.07 Å². The molecule has 1 rings (SSSR count). The SMILES string of the molecule is N#Cc1ccc(NCCOCC(F)(F)F)cc1F. The molecule has 0 radical (unpaired) electrons. The van der Waals surface area contributed by atoms with Gasteiger partial charge in [-0.3, -0.25) is 0 Å². The summed E-state index contributed by atoms with van der Waals surface area (Å²) >= 11 is 0. The average molecular weight is 262 g/mol. The van der Waals surface area contributed by atoms with Crippen molar-refractivity contribution in [2.24, 2.45) is 0 Å². The Labute approximate surface area is 101 Å². The lowest BCUT2D eigenvalue weighted by Gasteiger charge is -2.09. The molecule has 1 aromatic rings. The van der Waals surface area contributed by atoms with Crippen molar-refractivity contribution in [2.75, 3.05) is 25.1 Å². The Morgan fingerprint density at radius 2 is 2.06 bits per heavy atom. The van der Waals surface area contributed by atoms with E-state index in [-0.39, 0.29) is 18.7 Å². The lowest BCUT2D eigenvalue weighted by atomic mass is 10.2. The highest BCUT2D eigenvalue weighted by atomic mass is 19.4. The largest absolute Gasteiger partial charge is 0.411 e. The fourth-order valence-electron chi connectivity index (χ4n) is 1.17. The maximum atomic E-state index is 13.1. The number of hydrogen-bond acceptors (Lipinski definition) is 3. The van der Waals surface area contributed by atoms with Gasteiger partial charge < -0.3 is 10.1 Å². The number of alkyl halides is 3. The Bertz CT molecular complexity index is 440. The molecule has 1 N–H and O–H groups in total. The molecule has 7 heteroatoms. The van der Waals surface area contributed by atoms with E-state index in [1.807, 2.05) is 0 Å². The van der Waals surface area contributed by atoms with Crippen LogP contribution in [0.2, 0.25) is 0 Å². The molecule has 98 valence electrons. The van der Waals surface area contributed by atoms with Crippen molar-refractivity contribution < 1.29 is 22.3 Å². The van der Waals surface area contributed by atoms with Crippen molar-refractivity contribution in [1.29, 1.82) is 5.26 Å². The van der Waals surface area contributed by atoms with E-state index in [4.69, 9.17) is 5.26 Å². The maximum Gasteiger partial charge on any atom is 0.411 e. The predicted octanol–water partition coefficient (Wildman–Crippen LogP) is 2.69. The van der Waals surface area contributed by atoms with Gasteiger partial charge in [-0.1, -0.05) is 0 Å². The molecule has 3 nitrogen and oxygen atoms in total. The molecule has 0 saturated carbocycles. The highest BCUT2D eigenvalue weighted by Crippen LogP contribution is 2.15. The topological polar surface area (TPSA) is 45.0 Å². The number of nitrogens with zero attached hydrogens (tertiary/aromatic N) is 1. The van der Waals surface area contributed by atoms with Crippen LogP contribution in [0, 0.1) is 17.1 Å². The van der Waals surface area contributed by atoms with Gasteiger partial charge in [0.1, 0.15) is 18.5 Å². The molecular weight excluding hydrogens is 252 g/mol. The first-order chi connectivity index (χ1) is 8.42. The first kappa shape index (κ1) is 14.3. The fraction of sp³-hybridized carbons (Fsp3) is 0.364. The summed E-state index contributed by atoms with van der Waals surface area (Å²) in [7, 11) is 0. The zero-order valence-corrected chi connectivity index (χ0v) is 9.22. The van der Waals surface area contributed by atoms with Crippen LogP contribution in [0.15, 0.2) is 18.2 Å². The van der Waals surface area contributed by atoms with Gasteiger partial charge in [0.05, 0.1) is 12.2 Å². The van der Waals surface area contributed by atoms with Gasteiger partial charge in [0.2, 0.25) is 0 Å². The van der Waals surface area contributed by atoms with Crippen LogP contribution in [0.3, 0.4) is 0 Å². The molecule has 0 aliphatic carbocycles. The Hall–Kier alpha value is -1.81. The van der Waals surface area contributed by atoms with E-state index in [9.17, 15) is 17.6 Å². The first-order valence-electron chi connectivity index (χ1n) is 5.00. The summed E-state index contributed by atoms with van der Waals surface area (Å²) in [5, 5.41) is 11.2. The van der Waals surface area contributed by atoms with E-state index in [0.29, 0.717) is 5.69 Å². The summed E-state index contributed by atoms with van der Waals surface area (Å²) in [6.45, 7) is -1.35. The molecule has 0 aliphatic heterocycles. The minimum atomic E-state index is -4.35. The van der Waals surface area contributed by atoms with Crippen LogP contribution in [0.4, 0.5) is 23.2 Å². The van der Waals surface area contributed by atoms with Crippen molar-refractivity contribution >= 4 is 5.69 Å². The van der Waals surface area contributed by atoms with Gasteiger partial charge in [-0.15, -0.1) is 0 Å². The highest BCUT2D eigenvalue weighted by molar-refractivity contribution is 5.48. The Kier molecular flexibility index (Phi) is 4.92. The monoisotopic (exact) mass is 262 g/mol. The van der Waals surface area contributed by atoms with Crippen molar-refractivity contribution in [1.82, 2.24) is 0 Å². The Morgan fingerprint density at radius 3 is 2.61 bits per heavy atom. The molecule has 0 amide bonds. The highest BCUT2D eigenvalue weighted by Gasteiger charge is 2.27. The van der Waals surface area contributed by atoms with Crippen molar-refractivity contribution in [3.05, 3.63) is 29.6 Å². The molecule has 0 unspecified atom stereocenters. The van der Waals surface area contributed by atoms with E-state index in [1.54, 1.807) is 6.07 Å². The summed E-state index contributed by atoms with van der Waals surface area (Å²) in [4.78, 5) is 0. The van der Waals surface area contributed by atoms with E-state index >= 15 is 0 Å². The van der Waals surface area contributed by atoms with Gasteiger partial charge in [0, 0.05) is 12.2 Å². The number of nitrogens with one attached hydrogen (secondary N) is 1. The number of hydrogen-bond donors (Lipinski definition) is 1.